The number of carbonyl (C=O) groups excluding carboxylic acids is 1. The number of aliphatic hydroxyl groups is 2. The standard InChI is InChI=1S/C12H15N3O4/c1-7-3-4-8(12(18)19-2)5-9(7)11(17)10(16)6-14-15-13/h3-5,10-11,16-17H,6H2,1-2H3. The van der Waals surface area contributed by atoms with Crippen LogP contribution in [-0.4, -0.2) is 35.9 Å². The summed E-state index contributed by atoms with van der Waals surface area (Å²) in [6.45, 7) is 1.49. The lowest BCUT2D eigenvalue weighted by Crippen LogP contribution is -2.22. The van der Waals surface area contributed by atoms with E-state index >= 15 is 0 Å². The molecule has 102 valence electrons. The molecule has 0 radical (unpaired) electrons. The number of benzene rings is 1. The lowest BCUT2D eigenvalue weighted by molar-refractivity contribution is 0.0239. The molecule has 2 unspecified atom stereocenters. The number of nitrogens with zero attached hydrogens (tertiary/aromatic N) is 3. The van der Waals surface area contributed by atoms with Gasteiger partial charge in [-0.2, -0.15) is 0 Å². The molecule has 1 aromatic carbocycles. The van der Waals surface area contributed by atoms with Crippen LogP contribution in [0.4, 0.5) is 0 Å². The molecule has 1 aromatic rings. The topological polar surface area (TPSA) is 116 Å². The predicted molar refractivity (Wildman–Crippen MR) is 67.5 cm³/mol. The molecule has 0 amide bonds. The molecule has 0 aliphatic rings. The second kappa shape index (κ2) is 6.75. The average molecular weight is 265 g/mol. The molecule has 0 aliphatic heterocycles. The molecule has 0 spiro atoms. The SMILES string of the molecule is COC(=O)c1ccc(C)c(C(O)C(O)CN=[N+]=[N-])c1. The van der Waals surface area contributed by atoms with Crippen LogP contribution in [0, 0.1) is 6.92 Å². The third kappa shape index (κ3) is 3.69. The van der Waals surface area contributed by atoms with Crippen molar-refractivity contribution in [3.8, 4) is 0 Å². The van der Waals surface area contributed by atoms with E-state index < -0.39 is 18.2 Å². The van der Waals surface area contributed by atoms with E-state index in [1.807, 2.05) is 0 Å². The first kappa shape index (κ1) is 15.0. The number of esters is 1. The second-order valence-electron chi connectivity index (χ2n) is 3.99. The zero-order chi connectivity index (χ0) is 14.4. The van der Waals surface area contributed by atoms with Crippen molar-refractivity contribution in [1.82, 2.24) is 0 Å². The molecule has 2 atom stereocenters. The molecule has 7 heteroatoms. The Hall–Kier alpha value is -2.08. The van der Waals surface area contributed by atoms with E-state index in [1.165, 1.54) is 13.2 Å². The maximum atomic E-state index is 11.4. The summed E-state index contributed by atoms with van der Waals surface area (Å²) in [5.41, 5.74) is 9.55. The first-order valence-electron chi connectivity index (χ1n) is 5.57. The normalized spacial score (nSPS) is 13.3. The van der Waals surface area contributed by atoms with Crippen LogP contribution < -0.4 is 0 Å². The molecule has 2 N–H and O–H groups in total. The third-order valence-electron chi connectivity index (χ3n) is 2.72. The Morgan fingerprint density at radius 2 is 2.21 bits per heavy atom. The van der Waals surface area contributed by atoms with Gasteiger partial charge in [-0.15, -0.1) is 0 Å². The molecular formula is C12H15N3O4. The van der Waals surface area contributed by atoms with E-state index in [4.69, 9.17) is 5.53 Å². The van der Waals surface area contributed by atoms with Crippen LogP contribution in [0.3, 0.4) is 0 Å². The number of ether oxygens (including phenoxy) is 1. The van der Waals surface area contributed by atoms with Gasteiger partial charge in [0.1, 0.15) is 6.10 Å². The van der Waals surface area contributed by atoms with Crippen LogP contribution in [0.2, 0.25) is 0 Å². The van der Waals surface area contributed by atoms with Crippen molar-refractivity contribution in [3.63, 3.8) is 0 Å². The van der Waals surface area contributed by atoms with Gasteiger partial charge in [-0.1, -0.05) is 11.2 Å². The highest BCUT2D eigenvalue weighted by Gasteiger charge is 2.21. The van der Waals surface area contributed by atoms with Gasteiger partial charge in [-0.25, -0.2) is 4.79 Å². The average Bonchev–Trinajstić information content (AvgIpc) is 2.43. The predicted octanol–water partition coefficient (Wildman–Crippen LogP) is 1.49. The summed E-state index contributed by atoms with van der Waals surface area (Å²) in [5, 5.41) is 22.9. The smallest absolute Gasteiger partial charge is 0.337 e. The van der Waals surface area contributed by atoms with Crippen LogP contribution in [0.25, 0.3) is 10.4 Å². The van der Waals surface area contributed by atoms with Crippen LogP contribution in [0.15, 0.2) is 23.3 Å². The number of azide groups is 1. The highest BCUT2D eigenvalue weighted by molar-refractivity contribution is 5.89. The Labute approximate surface area is 110 Å². The summed E-state index contributed by atoms with van der Waals surface area (Å²) in [6, 6.07) is 4.66. The molecule has 0 aromatic heterocycles. The van der Waals surface area contributed by atoms with Crippen molar-refractivity contribution in [2.45, 2.75) is 19.1 Å². The van der Waals surface area contributed by atoms with E-state index in [0.29, 0.717) is 11.1 Å². The minimum Gasteiger partial charge on any atom is -0.465 e. The maximum Gasteiger partial charge on any atom is 0.337 e. The summed E-state index contributed by atoms with van der Waals surface area (Å²) >= 11 is 0. The van der Waals surface area contributed by atoms with Crippen molar-refractivity contribution in [2.24, 2.45) is 5.11 Å². The molecule has 0 saturated heterocycles. The zero-order valence-electron chi connectivity index (χ0n) is 10.6. The zero-order valence-corrected chi connectivity index (χ0v) is 10.6. The molecule has 0 fully saturated rings. The van der Waals surface area contributed by atoms with Crippen molar-refractivity contribution < 1.29 is 19.7 Å². The monoisotopic (exact) mass is 265 g/mol. The molecule has 0 heterocycles. The summed E-state index contributed by atoms with van der Waals surface area (Å²) < 4.78 is 4.59. The molecule has 0 aliphatic carbocycles. The van der Waals surface area contributed by atoms with Gasteiger partial charge in [0.2, 0.25) is 0 Å². The molecule has 7 nitrogen and oxygen atoms in total. The lowest BCUT2D eigenvalue weighted by Gasteiger charge is -2.19. The number of hydrogen-bond acceptors (Lipinski definition) is 5. The van der Waals surface area contributed by atoms with Gasteiger partial charge in [0.05, 0.1) is 25.3 Å². The Morgan fingerprint density at radius 3 is 2.79 bits per heavy atom. The van der Waals surface area contributed by atoms with Crippen LogP contribution >= 0.6 is 0 Å². The van der Waals surface area contributed by atoms with Gasteiger partial charge in [0.15, 0.2) is 0 Å². The van der Waals surface area contributed by atoms with Crippen molar-refractivity contribution in [2.75, 3.05) is 13.7 Å². The summed E-state index contributed by atoms with van der Waals surface area (Å²) in [4.78, 5) is 13.9. The third-order valence-corrected chi connectivity index (χ3v) is 2.72. The van der Waals surface area contributed by atoms with Crippen molar-refractivity contribution in [3.05, 3.63) is 45.3 Å². The summed E-state index contributed by atoms with van der Waals surface area (Å²) in [6.07, 6.45) is -2.47. The first-order chi connectivity index (χ1) is 9.01. The Balaban J connectivity index is 3.04. The van der Waals surface area contributed by atoms with Crippen molar-refractivity contribution >= 4 is 5.97 Å². The Kier molecular flexibility index (Phi) is 5.32. The number of hydrogen-bond donors (Lipinski definition) is 2. The molecule has 0 saturated carbocycles. The molecule has 0 bridgehead atoms. The molecular weight excluding hydrogens is 250 g/mol. The second-order valence-corrected chi connectivity index (χ2v) is 3.99. The van der Waals surface area contributed by atoms with Crippen molar-refractivity contribution in [1.29, 1.82) is 0 Å². The van der Waals surface area contributed by atoms with Gasteiger partial charge in [0.25, 0.3) is 0 Å². The number of aliphatic hydroxyl groups excluding tert-OH is 2. The fourth-order valence-corrected chi connectivity index (χ4v) is 1.63. The number of aryl methyl sites for hydroxylation is 1. The van der Waals surface area contributed by atoms with Gasteiger partial charge in [-0.05, 0) is 35.7 Å². The number of methoxy groups -OCH3 is 1. The van der Waals surface area contributed by atoms with Crippen LogP contribution in [0.5, 0.6) is 0 Å². The number of carbonyl (C=O) groups is 1. The lowest BCUT2D eigenvalue weighted by atomic mass is 9.97. The Morgan fingerprint density at radius 1 is 1.53 bits per heavy atom. The van der Waals surface area contributed by atoms with Gasteiger partial charge in [0, 0.05) is 4.91 Å². The van der Waals surface area contributed by atoms with E-state index in [2.05, 4.69) is 14.8 Å². The fourth-order valence-electron chi connectivity index (χ4n) is 1.63. The van der Waals surface area contributed by atoms with Crippen LogP contribution in [-0.2, 0) is 4.74 Å². The highest BCUT2D eigenvalue weighted by atomic mass is 16.5. The first-order valence-corrected chi connectivity index (χ1v) is 5.57. The summed E-state index contributed by atoms with van der Waals surface area (Å²) in [5.74, 6) is -0.530. The maximum absolute atomic E-state index is 11.4. The minimum absolute atomic E-state index is 0.250. The molecule has 1 rings (SSSR count). The fraction of sp³-hybridized carbons (Fsp3) is 0.417. The highest BCUT2D eigenvalue weighted by Crippen LogP contribution is 2.23. The van der Waals surface area contributed by atoms with E-state index in [0.717, 1.165) is 0 Å². The van der Waals surface area contributed by atoms with E-state index in [-0.39, 0.29) is 12.1 Å². The quantitative estimate of drug-likeness (QED) is 0.363. The van der Waals surface area contributed by atoms with Gasteiger partial charge >= 0.3 is 5.97 Å². The van der Waals surface area contributed by atoms with Gasteiger partial charge < -0.3 is 14.9 Å². The number of rotatable bonds is 5. The molecule has 19 heavy (non-hydrogen) atoms. The van der Waals surface area contributed by atoms with E-state index in [9.17, 15) is 15.0 Å². The minimum atomic E-state index is -1.24. The largest absolute Gasteiger partial charge is 0.465 e. The Bertz CT molecular complexity index is 512. The van der Waals surface area contributed by atoms with Gasteiger partial charge in [-0.3, -0.25) is 0 Å². The van der Waals surface area contributed by atoms with Crippen LogP contribution in [0.1, 0.15) is 27.6 Å². The summed E-state index contributed by atoms with van der Waals surface area (Å²) in [7, 11) is 1.26. The van der Waals surface area contributed by atoms with E-state index in [1.54, 1.807) is 19.1 Å².